The number of aromatic nitrogens is 3. The number of nitrogens with one attached hydrogen (secondary N) is 1. The van der Waals surface area contributed by atoms with Crippen molar-refractivity contribution in [2.45, 2.75) is 32.4 Å². The van der Waals surface area contributed by atoms with E-state index in [-0.39, 0.29) is 11.9 Å². The molecule has 1 fully saturated rings. The number of pyridine rings is 1. The second-order valence-electron chi connectivity index (χ2n) is 6.18. The van der Waals surface area contributed by atoms with Crippen molar-refractivity contribution in [2.75, 3.05) is 18.0 Å². The van der Waals surface area contributed by atoms with E-state index in [9.17, 15) is 4.79 Å². The van der Waals surface area contributed by atoms with Crippen molar-refractivity contribution < 1.29 is 4.79 Å². The largest absolute Gasteiger partial charge is 0.355 e. The van der Waals surface area contributed by atoms with E-state index >= 15 is 0 Å². The van der Waals surface area contributed by atoms with Crippen LogP contribution >= 0.6 is 0 Å². The summed E-state index contributed by atoms with van der Waals surface area (Å²) in [4.78, 5) is 19.2. The van der Waals surface area contributed by atoms with Gasteiger partial charge in [0.15, 0.2) is 0 Å². The molecule has 3 heterocycles. The van der Waals surface area contributed by atoms with E-state index in [1.54, 1.807) is 10.9 Å². The SMILES string of the molecule is CCc1nn(C)cc1C(=O)NCc1cccc(N2CCC(N)C2)n1. The minimum atomic E-state index is -0.115. The van der Waals surface area contributed by atoms with E-state index in [0.29, 0.717) is 12.1 Å². The molecule has 0 aromatic carbocycles. The normalized spacial score (nSPS) is 17.3. The van der Waals surface area contributed by atoms with Crippen LogP contribution in [0.3, 0.4) is 0 Å². The van der Waals surface area contributed by atoms with Crippen LogP contribution in [0.25, 0.3) is 0 Å². The van der Waals surface area contributed by atoms with Crippen LogP contribution in [-0.2, 0) is 20.0 Å². The van der Waals surface area contributed by atoms with Gasteiger partial charge in [0.05, 0.1) is 23.5 Å². The van der Waals surface area contributed by atoms with Gasteiger partial charge >= 0.3 is 0 Å². The fourth-order valence-corrected chi connectivity index (χ4v) is 2.99. The second kappa shape index (κ2) is 7.00. The molecule has 3 rings (SSSR count). The molecule has 1 atom stereocenters. The Bertz CT molecular complexity index is 726. The first-order valence-corrected chi connectivity index (χ1v) is 8.34. The summed E-state index contributed by atoms with van der Waals surface area (Å²) in [6, 6.07) is 6.09. The Balaban J connectivity index is 1.65. The molecule has 128 valence electrons. The van der Waals surface area contributed by atoms with Gasteiger partial charge in [-0.2, -0.15) is 5.10 Å². The van der Waals surface area contributed by atoms with Gasteiger partial charge in [0.25, 0.3) is 5.91 Å². The van der Waals surface area contributed by atoms with Crippen molar-refractivity contribution in [3.8, 4) is 0 Å². The molecule has 24 heavy (non-hydrogen) atoms. The van der Waals surface area contributed by atoms with Crippen LogP contribution in [0.2, 0.25) is 0 Å². The maximum atomic E-state index is 12.4. The molecule has 0 radical (unpaired) electrons. The van der Waals surface area contributed by atoms with Crippen LogP contribution < -0.4 is 16.0 Å². The summed E-state index contributed by atoms with van der Waals surface area (Å²) in [5.74, 6) is 0.806. The number of hydrogen-bond acceptors (Lipinski definition) is 5. The summed E-state index contributed by atoms with van der Waals surface area (Å²) in [7, 11) is 1.82. The zero-order chi connectivity index (χ0) is 17.1. The average Bonchev–Trinajstić information content (AvgIpc) is 3.18. The summed E-state index contributed by atoms with van der Waals surface area (Å²) < 4.78 is 1.67. The number of anilines is 1. The quantitative estimate of drug-likeness (QED) is 0.849. The topological polar surface area (TPSA) is 89.1 Å². The van der Waals surface area contributed by atoms with Crippen LogP contribution in [0.1, 0.15) is 35.1 Å². The monoisotopic (exact) mass is 328 g/mol. The molecular weight excluding hydrogens is 304 g/mol. The minimum absolute atomic E-state index is 0.115. The Morgan fingerprint density at radius 1 is 1.46 bits per heavy atom. The molecule has 1 amide bonds. The highest BCUT2D eigenvalue weighted by Crippen LogP contribution is 2.17. The Morgan fingerprint density at radius 2 is 2.29 bits per heavy atom. The van der Waals surface area contributed by atoms with E-state index < -0.39 is 0 Å². The molecule has 7 nitrogen and oxygen atoms in total. The third-order valence-corrected chi connectivity index (χ3v) is 4.26. The van der Waals surface area contributed by atoms with Gasteiger partial charge in [-0.25, -0.2) is 4.98 Å². The van der Waals surface area contributed by atoms with Crippen molar-refractivity contribution in [3.05, 3.63) is 41.3 Å². The highest BCUT2D eigenvalue weighted by Gasteiger charge is 2.20. The summed E-state index contributed by atoms with van der Waals surface area (Å²) in [6.45, 7) is 4.15. The molecule has 3 N–H and O–H groups in total. The molecular formula is C17H24N6O. The molecule has 1 saturated heterocycles. The van der Waals surface area contributed by atoms with E-state index in [0.717, 1.165) is 43.1 Å². The molecule has 1 unspecified atom stereocenters. The number of aryl methyl sites for hydroxylation is 2. The smallest absolute Gasteiger partial charge is 0.255 e. The van der Waals surface area contributed by atoms with Crippen molar-refractivity contribution in [1.29, 1.82) is 0 Å². The minimum Gasteiger partial charge on any atom is -0.355 e. The summed E-state index contributed by atoms with van der Waals surface area (Å²) >= 11 is 0. The van der Waals surface area contributed by atoms with Crippen LogP contribution in [0.5, 0.6) is 0 Å². The van der Waals surface area contributed by atoms with E-state index in [1.165, 1.54) is 0 Å². The number of rotatable bonds is 5. The second-order valence-corrected chi connectivity index (χ2v) is 6.18. The standard InChI is InChI=1S/C17H24N6O/c1-3-15-14(11-22(2)21-15)17(24)19-9-13-5-4-6-16(20-13)23-8-7-12(18)10-23/h4-6,11-12H,3,7-10,18H2,1-2H3,(H,19,24). The molecule has 1 aliphatic rings. The van der Waals surface area contributed by atoms with E-state index in [1.807, 2.05) is 32.2 Å². The predicted molar refractivity (Wildman–Crippen MR) is 92.8 cm³/mol. The van der Waals surface area contributed by atoms with Gasteiger partial charge in [-0.1, -0.05) is 13.0 Å². The highest BCUT2D eigenvalue weighted by molar-refractivity contribution is 5.95. The molecule has 0 aliphatic carbocycles. The first-order valence-electron chi connectivity index (χ1n) is 8.34. The van der Waals surface area contributed by atoms with Crippen molar-refractivity contribution in [3.63, 3.8) is 0 Å². The number of nitrogens with zero attached hydrogens (tertiary/aromatic N) is 4. The zero-order valence-corrected chi connectivity index (χ0v) is 14.2. The molecule has 0 spiro atoms. The number of carbonyl (C=O) groups is 1. The molecule has 1 aliphatic heterocycles. The summed E-state index contributed by atoms with van der Waals surface area (Å²) in [5, 5.41) is 7.23. The van der Waals surface area contributed by atoms with Gasteiger partial charge in [-0.05, 0) is 25.0 Å². The fourth-order valence-electron chi connectivity index (χ4n) is 2.99. The Kier molecular flexibility index (Phi) is 4.80. The lowest BCUT2D eigenvalue weighted by Crippen LogP contribution is -2.27. The maximum Gasteiger partial charge on any atom is 0.255 e. The van der Waals surface area contributed by atoms with Crippen molar-refractivity contribution >= 4 is 11.7 Å². The Labute approximate surface area is 141 Å². The van der Waals surface area contributed by atoms with E-state index in [4.69, 9.17) is 5.73 Å². The van der Waals surface area contributed by atoms with E-state index in [2.05, 4.69) is 20.3 Å². The first-order chi connectivity index (χ1) is 11.6. The van der Waals surface area contributed by atoms with Crippen LogP contribution in [0, 0.1) is 0 Å². The van der Waals surface area contributed by atoms with Gasteiger partial charge in [0.2, 0.25) is 0 Å². The third kappa shape index (κ3) is 3.56. The lowest BCUT2D eigenvalue weighted by atomic mass is 10.2. The van der Waals surface area contributed by atoms with Gasteiger partial charge in [-0.3, -0.25) is 9.48 Å². The van der Waals surface area contributed by atoms with Gasteiger partial charge in [0, 0.05) is 32.4 Å². The number of carbonyl (C=O) groups excluding carboxylic acids is 1. The molecule has 0 saturated carbocycles. The number of nitrogens with two attached hydrogens (primary N) is 1. The number of hydrogen-bond donors (Lipinski definition) is 2. The fraction of sp³-hybridized carbons (Fsp3) is 0.471. The summed E-state index contributed by atoms with van der Waals surface area (Å²) in [6.07, 6.45) is 3.47. The van der Waals surface area contributed by atoms with Gasteiger partial charge in [-0.15, -0.1) is 0 Å². The predicted octanol–water partition coefficient (Wildman–Crippen LogP) is 0.845. The van der Waals surface area contributed by atoms with Crippen LogP contribution in [0.4, 0.5) is 5.82 Å². The van der Waals surface area contributed by atoms with Crippen molar-refractivity contribution in [1.82, 2.24) is 20.1 Å². The number of amides is 1. The maximum absolute atomic E-state index is 12.4. The van der Waals surface area contributed by atoms with Crippen LogP contribution in [-0.4, -0.2) is 39.8 Å². The lowest BCUT2D eigenvalue weighted by Gasteiger charge is -2.17. The zero-order valence-electron chi connectivity index (χ0n) is 14.2. The highest BCUT2D eigenvalue weighted by atomic mass is 16.1. The third-order valence-electron chi connectivity index (χ3n) is 4.26. The molecule has 7 heteroatoms. The first kappa shape index (κ1) is 16.4. The lowest BCUT2D eigenvalue weighted by molar-refractivity contribution is 0.0949. The van der Waals surface area contributed by atoms with Gasteiger partial charge in [0.1, 0.15) is 5.82 Å². The Morgan fingerprint density at radius 3 is 3.00 bits per heavy atom. The molecule has 0 bridgehead atoms. The average molecular weight is 328 g/mol. The van der Waals surface area contributed by atoms with Gasteiger partial charge < -0.3 is 16.0 Å². The summed E-state index contributed by atoms with van der Waals surface area (Å²) in [5.41, 5.74) is 8.23. The Hall–Kier alpha value is -2.41. The van der Waals surface area contributed by atoms with Crippen LogP contribution in [0.15, 0.2) is 24.4 Å². The molecule has 2 aromatic heterocycles. The molecule has 2 aromatic rings. The van der Waals surface area contributed by atoms with Crippen molar-refractivity contribution in [2.24, 2.45) is 12.8 Å².